The largest absolute Gasteiger partial charge is 0.380 e. The van der Waals surface area contributed by atoms with Crippen LogP contribution in [0, 0.1) is 23.2 Å². The predicted molar refractivity (Wildman–Crippen MR) is 72.8 cm³/mol. The van der Waals surface area contributed by atoms with Gasteiger partial charge in [-0.3, -0.25) is 11.3 Å². The third-order valence-corrected chi connectivity index (χ3v) is 5.60. The molecule has 0 aliphatic heterocycles. The molecule has 0 aromatic rings. The highest BCUT2D eigenvalue weighted by atomic mass is 16.5. The topological polar surface area (TPSA) is 47.3 Å². The van der Waals surface area contributed by atoms with Gasteiger partial charge in [-0.2, -0.15) is 0 Å². The van der Waals surface area contributed by atoms with Gasteiger partial charge in [-0.25, -0.2) is 0 Å². The van der Waals surface area contributed by atoms with Gasteiger partial charge in [0, 0.05) is 12.6 Å². The van der Waals surface area contributed by atoms with E-state index in [2.05, 4.69) is 12.3 Å². The number of rotatable bonds is 6. The molecule has 0 heterocycles. The second-order valence-electron chi connectivity index (χ2n) is 7.14. The van der Waals surface area contributed by atoms with Crippen LogP contribution in [0.15, 0.2) is 0 Å². The van der Waals surface area contributed by atoms with Crippen molar-refractivity contribution in [2.75, 3.05) is 13.2 Å². The monoisotopic (exact) mass is 252 g/mol. The normalized spacial score (nSPS) is 43.3. The minimum Gasteiger partial charge on any atom is -0.380 e. The van der Waals surface area contributed by atoms with Gasteiger partial charge in [0.25, 0.3) is 0 Å². The maximum absolute atomic E-state index is 5.71. The molecule has 0 spiro atoms. The molecule has 3 heteroatoms. The fourth-order valence-corrected chi connectivity index (χ4v) is 5.49. The summed E-state index contributed by atoms with van der Waals surface area (Å²) in [5.41, 5.74) is 3.59. The summed E-state index contributed by atoms with van der Waals surface area (Å²) in [6, 6.07) is 0.348. The summed E-state index contributed by atoms with van der Waals surface area (Å²) >= 11 is 0. The fourth-order valence-electron chi connectivity index (χ4n) is 5.49. The number of hydrogen-bond donors (Lipinski definition) is 2. The lowest BCUT2D eigenvalue weighted by atomic mass is 9.48. The van der Waals surface area contributed by atoms with E-state index >= 15 is 0 Å². The summed E-state index contributed by atoms with van der Waals surface area (Å²) in [6.07, 6.45) is 10.2. The second kappa shape index (κ2) is 5.10. The Labute approximate surface area is 111 Å². The zero-order valence-corrected chi connectivity index (χ0v) is 11.7. The zero-order valence-electron chi connectivity index (χ0n) is 11.7. The van der Waals surface area contributed by atoms with Gasteiger partial charge in [0.1, 0.15) is 0 Å². The summed E-state index contributed by atoms with van der Waals surface area (Å²) in [5, 5.41) is 0. The second-order valence-corrected chi connectivity index (χ2v) is 7.14. The van der Waals surface area contributed by atoms with Crippen molar-refractivity contribution in [3.63, 3.8) is 0 Å². The maximum atomic E-state index is 5.71. The van der Waals surface area contributed by atoms with Crippen LogP contribution in [0.4, 0.5) is 0 Å². The molecule has 1 unspecified atom stereocenters. The highest BCUT2D eigenvalue weighted by molar-refractivity contribution is 5.02. The smallest absolute Gasteiger partial charge is 0.0633 e. The van der Waals surface area contributed by atoms with E-state index in [4.69, 9.17) is 10.6 Å². The molecule has 4 fully saturated rings. The van der Waals surface area contributed by atoms with Crippen molar-refractivity contribution in [1.29, 1.82) is 0 Å². The summed E-state index contributed by atoms with van der Waals surface area (Å²) in [7, 11) is 0. The quantitative estimate of drug-likeness (QED) is 0.564. The lowest BCUT2D eigenvalue weighted by Crippen LogP contribution is -2.50. The minimum absolute atomic E-state index is 0.348. The van der Waals surface area contributed by atoms with Crippen molar-refractivity contribution < 1.29 is 4.74 Å². The van der Waals surface area contributed by atoms with E-state index in [1.807, 2.05) is 0 Å². The molecule has 0 radical (unpaired) electrons. The first-order valence-electron chi connectivity index (χ1n) is 7.77. The Hall–Kier alpha value is -0.120. The molecule has 0 aromatic heterocycles. The molecular formula is C15H28N2O. The van der Waals surface area contributed by atoms with E-state index < -0.39 is 0 Å². The summed E-state index contributed by atoms with van der Waals surface area (Å²) < 4.78 is 5.56. The number of hydrazine groups is 1. The molecule has 18 heavy (non-hydrogen) atoms. The van der Waals surface area contributed by atoms with E-state index in [0.29, 0.717) is 11.5 Å². The van der Waals surface area contributed by atoms with Gasteiger partial charge in [-0.15, -0.1) is 0 Å². The van der Waals surface area contributed by atoms with Crippen LogP contribution in [0.1, 0.15) is 51.9 Å². The van der Waals surface area contributed by atoms with Gasteiger partial charge in [0.15, 0.2) is 0 Å². The van der Waals surface area contributed by atoms with Crippen LogP contribution < -0.4 is 11.3 Å². The number of ether oxygens (including phenoxy) is 1. The van der Waals surface area contributed by atoms with Gasteiger partial charge in [-0.05, 0) is 75.0 Å². The molecule has 3 N–H and O–H groups in total. The number of nitrogens with one attached hydrogen (secondary N) is 1. The van der Waals surface area contributed by atoms with Crippen molar-refractivity contribution >= 4 is 0 Å². The molecule has 3 nitrogen and oxygen atoms in total. The summed E-state index contributed by atoms with van der Waals surface area (Å²) in [4.78, 5) is 0. The maximum Gasteiger partial charge on any atom is 0.0633 e. The van der Waals surface area contributed by atoms with E-state index in [1.54, 1.807) is 0 Å². The molecule has 4 aliphatic carbocycles. The Balaban J connectivity index is 1.64. The Kier molecular flexibility index (Phi) is 3.65. The van der Waals surface area contributed by atoms with Crippen molar-refractivity contribution in [3.05, 3.63) is 0 Å². The number of hydrogen-bond acceptors (Lipinski definition) is 3. The molecule has 4 saturated carbocycles. The Morgan fingerprint density at radius 1 is 1.17 bits per heavy atom. The van der Waals surface area contributed by atoms with Crippen LogP contribution in [-0.2, 0) is 4.74 Å². The molecular weight excluding hydrogens is 224 g/mol. The van der Waals surface area contributed by atoms with Crippen molar-refractivity contribution in [3.8, 4) is 0 Å². The molecule has 4 rings (SSSR count). The van der Waals surface area contributed by atoms with Crippen LogP contribution in [-0.4, -0.2) is 19.3 Å². The third-order valence-electron chi connectivity index (χ3n) is 5.60. The summed E-state index contributed by atoms with van der Waals surface area (Å²) in [5.74, 6) is 8.80. The summed E-state index contributed by atoms with van der Waals surface area (Å²) in [6.45, 7) is 3.62. The molecule has 1 atom stereocenters. The number of nitrogens with two attached hydrogens (primary N) is 1. The first-order valence-corrected chi connectivity index (χ1v) is 7.77. The SMILES string of the molecule is CCOCC(CC12CC3CC(CC(C3)C1)C2)NN. The molecule has 0 saturated heterocycles. The van der Waals surface area contributed by atoms with Gasteiger partial charge < -0.3 is 4.74 Å². The van der Waals surface area contributed by atoms with Crippen molar-refractivity contribution in [2.24, 2.45) is 29.0 Å². The van der Waals surface area contributed by atoms with E-state index in [9.17, 15) is 0 Å². The first kappa shape index (κ1) is 12.9. The van der Waals surface area contributed by atoms with Crippen LogP contribution in [0.2, 0.25) is 0 Å². The van der Waals surface area contributed by atoms with Crippen LogP contribution in [0.5, 0.6) is 0 Å². The molecule has 4 aliphatic rings. The first-order chi connectivity index (χ1) is 8.73. The molecule has 0 aromatic carbocycles. The minimum atomic E-state index is 0.348. The fraction of sp³-hybridized carbons (Fsp3) is 1.00. The van der Waals surface area contributed by atoms with Gasteiger partial charge in [0.05, 0.1) is 6.61 Å². The highest BCUT2D eigenvalue weighted by Gasteiger charge is 2.51. The lowest BCUT2D eigenvalue weighted by Gasteiger charge is -2.57. The average Bonchev–Trinajstić information content (AvgIpc) is 2.32. The highest BCUT2D eigenvalue weighted by Crippen LogP contribution is 2.61. The van der Waals surface area contributed by atoms with Gasteiger partial charge in [0.2, 0.25) is 0 Å². The van der Waals surface area contributed by atoms with Gasteiger partial charge >= 0.3 is 0 Å². The lowest BCUT2D eigenvalue weighted by molar-refractivity contribution is -0.0662. The predicted octanol–water partition coefficient (Wildman–Crippen LogP) is 2.46. The van der Waals surface area contributed by atoms with Crippen molar-refractivity contribution in [1.82, 2.24) is 5.43 Å². The van der Waals surface area contributed by atoms with Gasteiger partial charge in [-0.1, -0.05) is 0 Å². The Bertz CT molecular complexity index is 257. The van der Waals surface area contributed by atoms with E-state index in [1.165, 1.54) is 44.9 Å². The van der Waals surface area contributed by atoms with Crippen molar-refractivity contribution in [2.45, 2.75) is 57.9 Å². The Morgan fingerprint density at radius 3 is 2.17 bits per heavy atom. The van der Waals surface area contributed by atoms with E-state index in [-0.39, 0.29) is 0 Å². The van der Waals surface area contributed by atoms with Crippen LogP contribution >= 0.6 is 0 Å². The zero-order chi connectivity index (χ0) is 12.6. The standard InChI is InChI=1S/C15H28N2O/c1-2-18-10-14(17-16)9-15-6-11-3-12(7-15)5-13(4-11)8-15/h11-14,17H,2-10,16H2,1H3. The van der Waals surface area contributed by atoms with Crippen LogP contribution in [0.3, 0.4) is 0 Å². The van der Waals surface area contributed by atoms with E-state index in [0.717, 1.165) is 31.0 Å². The molecule has 104 valence electrons. The van der Waals surface area contributed by atoms with Crippen LogP contribution in [0.25, 0.3) is 0 Å². The molecule has 0 amide bonds. The molecule has 4 bridgehead atoms. The average molecular weight is 252 g/mol. The third kappa shape index (κ3) is 2.45. The Morgan fingerprint density at radius 2 is 1.72 bits per heavy atom.